The third-order valence-electron chi connectivity index (χ3n) is 6.95. The number of nitrogens with zero attached hydrogens (tertiary/aromatic N) is 2. The van der Waals surface area contributed by atoms with Gasteiger partial charge in [-0.05, 0) is 56.5 Å². The molecule has 3 aromatic carbocycles. The normalized spacial score (nSPS) is 11.9. The van der Waals surface area contributed by atoms with Crippen LogP contribution < -0.4 is 19.1 Å². The molecule has 0 radical (unpaired) electrons. The molecule has 1 N–H and O–H groups in total. The lowest BCUT2D eigenvalue weighted by Crippen LogP contribution is -2.52. The lowest BCUT2D eigenvalue weighted by atomic mass is 10.1. The molecule has 10 heteroatoms. The van der Waals surface area contributed by atoms with Gasteiger partial charge in [-0.3, -0.25) is 13.9 Å². The number of nitrogens with one attached hydrogen (secondary N) is 1. The summed E-state index contributed by atoms with van der Waals surface area (Å²) in [5.74, 6) is -0.0632. The van der Waals surface area contributed by atoms with Crippen LogP contribution in [0.3, 0.4) is 0 Å². The van der Waals surface area contributed by atoms with Crippen LogP contribution in [-0.4, -0.2) is 58.5 Å². The summed E-state index contributed by atoms with van der Waals surface area (Å²) in [7, 11) is -1.26. The summed E-state index contributed by atoms with van der Waals surface area (Å²) in [6.45, 7) is 7.70. The van der Waals surface area contributed by atoms with Gasteiger partial charge >= 0.3 is 0 Å². The van der Waals surface area contributed by atoms with E-state index in [1.807, 2.05) is 52.0 Å². The number of aryl methyl sites for hydroxylation is 2. The molecular formula is C32H41N3O6S. The van der Waals surface area contributed by atoms with Crippen LogP contribution in [0.15, 0.2) is 71.6 Å². The number of ether oxygens (including phenoxy) is 2. The molecule has 0 saturated carbocycles. The Morgan fingerprint density at radius 2 is 1.45 bits per heavy atom. The van der Waals surface area contributed by atoms with E-state index in [1.54, 1.807) is 24.3 Å². The molecule has 0 heterocycles. The number of methoxy groups -OCH3 is 2. The fourth-order valence-electron chi connectivity index (χ4n) is 4.52. The van der Waals surface area contributed by atoms with E-state index in [0.717, 1.165) is 27.4 Å². The maximum absolute atomic E-state index is 14.2. The Morgan fingerprint density at radius 1 is 0.857 bits per heavy atom. The van der Waals surface area contributed by atoms with Crippen molar-refractivity contribution in [2.75, 3.05) is 31.6 Å². The fourth-order valence-corrected chi connectivity index (χ4v) is 5.93. The molecule has 226 valence electrons. The maximum atomic E-state index is 14.2. The van der Waals surface area contributed by atoms with Gasteiger partial charge < -0.3 is 19.7 Å². The average Bonchev–Trinajstić information content (AvgIpc) is 2.99. The van der Waals surface area contributed by atoms with Crippen molar-refractivity contribution in [2.24, 2.45) is 0 Å². The van der Waals surface area contributed by atoms with E-state index in [0.29, 0.717) is 24.5 Å². The molecule has 0 fully saturated rings. The van der Waals surface area contributed by atoms with Crippen molar-refractivity contribution in [3.8, 4) is 11.5 Å². The molecule has 0 bridgehead atoms. The maximum Gasteiger partial charge on any atom is 0.264 e. The standard InChI is InChI=1S/C32H41N3O6S/c1-7-19-33-32(37)28(8-2)34(21-25-13-9-23(3)10-14-25)31(36)22-35(26-15-18-29(40-5)30(20-26)41-6)42(38,39)27-16-11-24(4)12-17-27/h9-18,20,28H,7-8,19,21-22H2,1-6H3,(H,33,37). The number of hydrogen-bond donors (Lipinski definition) is 1. The van der Waals surface area contributed by atoms with Crippen molar-refractivity contribution in [1.29, 1.82) is 0 Å². The summed E-state index contributed by atoms with van der Waals surface area (Å²) in [5.41, 5.74) is 3.01. The zero-order valence-corrected chi connectivity index (χ0v) is 26.0. The Morgan fingerprint density at radius 3 is 2.00 bits per heavy atom. The highest BCUT2D eigenvalue weighted by atomic mass is 32.2. The van der Waals surface area contributed by atoms with Gasteiger partial charge in [0.05, 0.1) is 24.8 Å². The lowest BCUT2D eigenvalue weighted by Gasteiger charge is -2.33. The van der Waals surface area contributed by atoms with Crippen molar-refractivity contribution in [1.82, 2.24) is 10.2 Å². The van der Waals surface area contributed by atoms with Crippen LogP contribution in [0.1, 0.15) is 43.4 Å². The first-order valence-corrected chi connectivity index (χ1v) is 15.4. The van der Waals surface area contributed by atoms with Gasteiger partial charge in [0, 0.05) is 19.2 Å². The molecule has 0 aliphatic heterocycles. The second-order valence-electron chi connectivity index (χ2n) is 10.1. The van der Waals surface area contributed by atoms with Crippen LogP contribution in [0.2, 0.25) is 0 Å². The number of amides is 2. The molecule has 42 heavy (non-hydrogen) atoms. The smallest absolute Gasteiger partial charge is 0.264 e. The predicted octanol–water partition coefficient (Wildman–Crippen LogP) is 4.85. The van der Waals surface area contributed by atoms with Crippen LogP contribution in [0.4, 0.5) is 5.69 Å². The van der Waals surface area contributed by atoms with Crippen LogP contribution in [0.25, 0.3) is 0 Å². The van der Waals surface area contributed by atoms with E-state index in [-0.39, 0.29) is 23.0 Å². The van der Waals surface area contributed by atoms with Crippen molar-refractivity contribution in [2.45, 2.75) is 58.0 Å². The number of benzene rings is 3. The molecule has 3 aromatic rings. The monoisotopic (exact) mass is 595 g/mol. The average molecular weight is 596 g/mol. The van der Waals surface area contributed by atoms with Gasteiger partial charge in [-0.25, -0.2) is 8.42 Å². The molecule has 0 aliphatic carbocycles. The molecule has 1 atom stereocenters. The Labute approximate surface area is 249 Å². The van der Waals surface area contributed by atoms with Gasteiger partial charge in [0.25, 0.3) is 10.0 Å². The highest BCUT2D eigenvalue weighted by Crippen LogP contribution is 2.34. The minimum atomic E-state index is -4.20. The summed E-state index contributed by atoms with van der Waals surface area (Å²) in [5, 5.41) is 2.89. The van der Waals surface area contributed by atoms with Crippen molar-refractivity contribution in [3.05, 3.63) is 83.4 Å². The van der Waals surface area contributed by atoms with Crippen LogP contribution >= 0.6 is 0 Å². The van der Waals surface area contributed by atoms with E-state index in [2.05, 4.69) is 5.32 Å². The third-order valence-corrected chi connectivity index (χ3v) is 8.74. The first kappa shape index (κ1) is 32.5. The number of carbonyl (C=O) groups excluding carboxylic acids is 2. The van der Waals surface area contributed by atoms with Crippen molar-refractivity contribution in [3.63, 3.8) is 0 Å². The van der Waals surface area contributed by atoms with Crippen LogP contribution in [0, 0.1) is 13.8 Å². The van der Waals surface area contributed by atoms with E-state index in [9.17, 15) is 18.0 Å². The van der Waals surface area contributed by atoms with Gasteiger partial charge in [-0.2, -0.15) is 0 Å². The lowest BCUT2D eigenvalue weighted by molar-refractivity contribution is -0.140. The molecule has 3 rings (SSSR count). The SMILES string of the molecule is CCCNC(=O)C(CC)N(Cc1ccc(C)cc1)C(=O)CN(c1ccc(OC)c(OC)c1)S(=O)(=O)c1ccc(C)cc1. The molecule has 0 aromatic heterocycles. The van der Waals surface area contributed by atoms with Crippen LogP contribution in [-0.2, 0) is 26.2 Å². The van der Waals surface area contributed by atoms with Gasteiger partial charge in [0.15, 0.2) is 11.5 Å². The number of hydrogen-bond acceptors (Lipinski definition) is 6. The summed E-state index contributed by atoms with van der Waals surface area (Å²) >= 11 is 0. The molecular weight excluding hydrogens is 554 g/mol. The molecule has 0 spiro atoms. The van der Waals surface area contributed by atoms with E-state index < -0.39 is 28.5 Å². The predicted molar refractivity (Wildman–Crippen MR) is 164 cm³/mol. The second-order valence-corrected chi connectivity index (χ2v) is 11.9. The topological polar surface area (TPSA) is 105 Å². The second kappa shape index (κ2) is 14.7. The zero-order chi connectivity index (χ0) is 30.9. The largest absolute Gasteiger partial charge is 0.493 e. The summed E-state index contributed by atoms with van der Waals surface area (Å²) in [4.78, 5) is 28.9. The van der Waals surface area contributed by atoms with E-state index in [1.165, 1.54) is 37.3 Å². The Kier molecular flexibility index (Phi) is 11.4. The van der Waals surface area contributed by atoms with Gasteiger partial charge in [0.2, 0.25) is 11.8 Å². The van der Waals surface area contributed by atoms with Crippen LogP contribution in [0.5, 0.6) is 11.5 Å². The number of anilines is 1. The van der Waals surface area contributed by atoms with E-state index >= 15 is 0 Å². The third kappa shape index (κ3) is 7.82. The van der Waals surface area contributed by atoms with Gasteiger partial charge in [-0.1, -0.05) is 61.4 Å². The molecule has 0 saturated heterocycles. The Bertz CT molecular complexity index is 1460. The van der Waals surface area contributed by atoms with Crippen molar-refractivity contribution < 1.29 is 27.5 Å². The highest BCUT2D eigenvalue weighted by molar-refractivity contribution is 7.92. The molecule has 2 amide bonds. The summed E-state index contributed by atoms with van der Waals surface area (Å²) in [6, 6.07) is 18.0. The number of rotatable bonds is 14. The minimum absolute atomic E-state index is 0.0356. The summed E-state index contributed by atoms with van der Waals surface area (Å²) in [6.07, 6.45) is 1.10. The quantitative estimate of drug-likeness (QED) is 0.286. The Balaban J connectivity index is 2.10. The molecule has 0 aliphatic rings. The molecule has 1 unspecified atom stereocenters. The number of sulfonamides is 1. The van der Waals surface area contributed by atoms with E-state index in [4.69, 9.17) is 9.47 Å². The van der Waals surface area contributed by atoms with Gasteiger partial charge in [-0.15, -0.1) is 0 Å². The Hall–Kier alpha value is -4.05. The zero-order valence-electron chi connectivity index (χ0n) is 25.2. The summed E-state index contributed by atoms with van der Waals surface area (Å²) < 4.78 is 40.0. The fraction of sp³-hybridized carbons (Fsp3) is 0.375. The first-order chi connectivity index (χ1) is 20.0. The minimum Gasteiger partial charge on any atom is -0.493 e. The first-order valence-electron chi connectivity index (χ1n) is 14.0. The molecule has 9 nitrogen and oxygen atoms in total. The number of carbonyl (C=O) groups is 2. The van der Waals surface area contributed by atoms with Crippen molar-refractivity contribution >= 4 is 27.5 Å². The van der Waals surface area contributed by atoms with Gasteiger partial charge in [0.1, 0.15) is 12.6 Å². The highest BCUT2D eigenvalue weighted by Gasteiger charge is 2.34.